The van der Waals surface area contributed by atoms with Crippen LogP contribution in [0, 0.1) is 10.1 Å². The third kappa shape index (κ3) is 5.32. The number of amidine groups is 1. The van der Waals surface area contributed by atoms with Crippen molar-refractivity contribution < 1.29 is 10.0 Å². The molecule has 0 bridgehead atoms. The third-order valence-corrected chi connectivity index (χ3v) is 4.44. The Labute approximate surface area is 155 Å². The molecular weight excluding hydrogens is 352 g/mol. The van der Waals surface area contributed by atoms with Crippen molar-refractivity contribution in [3.63, 3.8) is 0 Å². The van der Waals surface area contributed by atoms with Crippen molar-refractivity contribution in [2.24, 2.45) is 15.9 Å². The Hall–Kier alpha value is -2.87. The maximum absolute atomic E-state index is 11.1. The van der Waals surface area contributed by atoms with E-state index in [1.807, 2.05) is 44.2 Å². The summed E-state index contributed by atoms with van der Waals surface area (Å²) in [6, 6.07) is 12.8. The van der Waals surface area contributed by atoms with Crippen LogP contribution in [-0.2, 0) is 5.75 Å². The molecule has 0 amide bonds. The largest absolute Gasteiger partial charge is 0.502 e. The smallest absolute Gasteiger partial charge is 0.311 e. The fourth-order valence-corrected chi connectivity index (χ4v) is 2.75. The number of thioether (sulfide) groups is 1. The fourth-order valence-electron chi connectivity index (χ4n) is 2.14. The molecule has 136 valence electrons. The van der Waals surface area contributed by atoms with Crippen LogP contribution in [0.1, 0.15) is 36.5 Å². The maximum atomic E-state index is 11.1. The first-order valence-electron chi connectivity index (χ1n) is 7.93. The van der Waals surface area contributed by atoms with Crippen LogP contribution in [-0.4, -0.2) is 21.4 Å². The van der Waals surface area contributed by atoms with Gasteiger partial charge >= 0.3 is 5.69 Å². The number of nitrogens with zero attached hydrogens (tertiary/aromatic N) is 3. The molecule has 7 nitrogen and oxygen atoms in total. The van der Waals surface area contributed by atoms with Gasteiger partial charge in [0, 0.05) is 17.4 Å². The molecule has 0 saturated carbocycles. The minimum Gasteiger partial charge on any atom is -0.502 e. The van der Waals surface area contributed by atoms with Crippen LogP contribution in [0.4, 0.5) is 5.69 Å². The van der Waals surface area contributed by atoms with Gasteiger partial charge in [-0.05, 0) is 23.1 Å². The van der Waals surface area contributed by atoms with Gasteiger partial charge in [-0.2, -0.15) is 5.10 Å². The molecule has 0 radical (unpaired) electrons. The van der Waals surface area contributed by atoms with Crippen molar-refractivity contribution in [3.8, 4) is 5.75 Å². The predicted molar refractivity (Wildman–Crippen MR) is 106 cm³/mol. The van der Waals surface area contributed by atoms with Gasteiger partial charge in [0.1, 0.15) is 0 Å². The summed E-state index contributed by atoms with van der Waals surface area (Å²) in [6.07, 6.45) is 1.27. The lowest BCUT2D eigenvalue weighted by atomic mass is 9.99. The summed E-state index contributed by atoms with van der Waals surface area (Å²) in [5.74, 6) is 0.288. The zero-order valence-electron chi connectivity index (χ0n) is 14.5. The van der Waals surface area contributed by atoms with Crippen molar-refractivity contribution in [1.82, 2.24) is 0 Å². The number of phenolic OH excluding ortho intramolecular Hbond substituents is 1. The molecule has 0 spiro atoms. The monoisotopic (exact) mass is 372 g/mol. The van der Waals surface area contributed by atoms with Crippen LogP contribution in [0.3, 0.4) is 0 Å². The van der Waals surface area contributed by atoms with Crippen LogP contribution < -0.4 is 5.73 Å². The number of nitro benzene ring substituents is 1. The SMILES string of the molecule is CC(C)c1cc(C=NN=C(N)SCc2ccccc2)c(O)c([N+](=O)[O-])c1. The Balaban J connectivity index is 2.14. The molecule has 0 saturated heterocycles. The number of hydrogen-bond acceptors (Lipinski definition) is 6. The van der Waals surface area contributed by atoms with Crippen LogP contribution in [0.5, 0.6) is 5.75 Å². The van der Waals surface area contributed by atoms with Crippen LogP contribution >= 0.6 is 11.8 Å². The molecule has 0 aliphatic heterocycles. The van der Waals surface area contributed by atoms with E-state index in [-0.39, 0.29) is 22.3 Å². The molecule has 26 heavy (non-hydrogen) atoms. The summed E-state index contributed by atoms with van der Waals surface area (Å²) in [7, 11) is 0. The van der Waals surface area contributed by atoms with Crippen LogP contribution in [0.15, 0.2) is 52.7 Å². The van der Waals surface area contributed by atoms with E-state index in [9.17, 15) is 15.2 Å². The second-order valence-corrected chi connectivity index (χ2v) is 6.84. The zero-order chi connectivity index (χ0) is 19.1. The van der Waals surface area contributed by atoms with E-state index < -0.39 is 10.7 Å². The molecule has 3 N–H and O–H groups in total. The van der Waals surface area contributed by atoms with Gasteiger partial charge < -0.3 is 10.8 Å². The van der Waals surface area contributed by atoms with Crippen molar-refractivity contribution >= 4 is 28.8 Å². The number of hydrogen-bond donors (Lipinski definition) is 2. The number of rotatable bonds is 6. The Morgan fingerprint density at radius 1 is 1.35 bits per heavy atom. The molecule has 0 unspecified atom stereocenters. The number of aromatic hydroxyl groups is 1. The van der Waals surface area contributed by atoms with E-state index in [2.05, 4.69) is 10.2 Å². The van der Waals surface area contributed by atoms with Crippen molar-refractivity contribution in [3.05, 3.63) is 69.3 Å². The third-order valence-electron chi connectivity index (χ3n) is 3.59. The molecule has 0 heterocycles. The van der Waals surface area contributed by atoms with Crippen LogP contribution in [0.25, 0.3) is 0 Å². The van der Waals surface area contributed by atoms with Crippen molar-refractivity contribution in [1.29, 1.82) is 0 Å². The number of nitro groups is 1. The van der Waals surface area contributed by atoms with Crippen molar-refractivity contribution in [2.45, 2.75) is 25.5 Å². The van der Waals surface area contributed by atoms with Gasteiger partial charge in [-0.15, -0.1) is 5.10 Å². The maximum Gasteiger partial charge on any atom is 0.311 e. The standard InChI is InChI=1S/C18H20N4O3S/c1-12(2)14-8-15(17(23)16(9-14)22(24)25)10-20-21-18(19)26-11-13-6-4-3-5-7-13/h3-10,12,23H,11H2,1-2H3,(H2,19,21). The van der Waals surface area contributed by atoms with E-state index in [1.165, 1.54) is 24.0 Å². The summed E-state index contributed by atoms with van der Waals surface area (Å²) in [4.78, 5) is 10.5. The summed E-state index contributed by atoms with van der Waals surface area (Å²) < 4.78 is 0. The molecular formula is C18H20N4O3S. The summed E-state index contributed by atoms with van der Waals surface area (Å²) in [6.45, 7) is 3.82. The average Bonchev–Trinajstić information content (AvgIpc) is 2.61. The highest BCUT2D eigenvalue weighted by Gasteiger charge is 2.19. The molecule has 0 aromatic heterocycles. The van der Waals surface area contributed by atoms with Gasteiger partial charge in [-0.1, -0.05) is 55.9 Å². The number of phenols is 1. The second-order valence-electron chi connectivity index (χ2n) is 5.85. The van der Waals surface area contributed by atoms with Gasteiger partial charge in [-0.3, -0.25) is 10.1 Å². The fraction of sp³-hybridized carbons (Fsp3) is 0.222. The van der Waals surface area contributed by atoms with Crippen molar-refractivity contribution in [2.75, 3.05) is 0 Å². The molecule has 0 aliphatic carbocycles. The zero-order valence-corrected chi connectivity index (χ0v) is 15.3. The Bertz CT molecular complexity index is 836. The molecule has 2 aromatic rings. The molecule has 0 fully saturated rings. The molecule has 2 rings (SSSR count). The first-order chi connectivity index (χ1) is 12.4. The topological polar surface area (TPSA) is 114 Å². The highest BCUT2D eigenvalue weighted by Crippen LogP contribution is 2.32. The minimum absolute atomic E-state index is 0.0662. The molecule has 8 heteroatoms. The lowest BCUT2D eigenvalue weighted by Crippen LogP contribution is -2.06. The molecule has 2 aromatic carbocycles. The highest BCUT2D eigenvalue weighted by molar-refractivity contribution is 8.13. The van der Waals surface area contributed by atoms with Gasteiger partial charge in [0.05, 0.1) is 11.1 Å². The Kier molecular flexibility index (Phi) is 6.74. The predicted octanol–water partition coefficient (Wildman–Crippen LogP) is 4.01. The highest BCUT2D eigenvalue weighted by atomic mass is 32.2. The van der Waals surface area contributed by atoms with E-state index in [0.29, 0.717) is 5.75 Å². The Morgan fingerprint density at radius 3 is 2.65 bits per heavy atom. The van der Waals surface area contributed by atoms with Gasteiger partial charge in [0.2, 0.25) is 5.75 Å². The van der Waals surface area contributed by atoms with Gasteiger partial charge in [0.25, 0.3) is 0 Å². The van der Waals surface area contributed by atoms with Gasteiger partial charge in [0.15, 0.2) is 5.17 Å². The molecule has 0 atom stereocenters. The summed E-state index contributed by atoms with van der Waals surface area (Å²) in [5.41, 5.74) is 7.52. The Morgan fingerprint density at radius 2 is 2.04 bits per heavy atom. The minimum atomic E-state index is -0.619. The normalized spacial score (nSPS) is 12.0. The van der Waals surface area contributed by atoms with E-state index in [4.69, 9.17) is 5.73 Å². The first-order valence-corrected chi connectivity index (χ1v) is 8.91. The summed E-state index contributed by atoms with van der Waals surface area (Å²) in [5, 5.41) is 29.1. The second kappa shape index (κ2) is 9.00. The number of benzene rings is 2. The summed E-state index contributed by atoms with van der Waals surface area (Å²) >= 11 is 1.33. The van der Waals surface area contributed by atoms with Gasteiger partial charge in [-0.25, -0.2) is 0 Å². The lowest BCUT2D eigenvalue weighted by molar-refractivity contribution is -0.385. The van der Waals surface area contributed by atoms with Crippen LogP contribution in [0.2, 0.25) is 0 Å². The van der Waals surface area contributed by atoms with E-state index in [0.717, 1.165) is 11.1 Å². The van der Waals surface area contributed by atoms with E-state index in [1.54, 1.807) is 6.07 Å². The lowest BCUT2D eigenvalue weighted by Gasteiger charge is -2.08. The number of nitrogens with two attached hydrogens (primary N) is 1. The first kappa shape index (κ1) is 19.5. The molecule has 0 aliphatic rings. The average molecular weight is 372 g/mol. The van der Waals surface area contributed by atoms with E-state index >= 15 is 0 Å². The quantitative estimate of drug-likeness (QED) is 0.344.